The van der Waals surface area contributed by atoms with Crippen LogP contribution in [0, 0.1) is 0 Å². The molecule has 0 unspecified atom stereocenters. The predicted octanol–water partition coefficient (Wildman–Crippen LogP) is 4.59. The van der Waals surface area contributed by atoms with Crippen LogP contribution >= 0.6 is 34.8 Å². The van der Waals surface area contributed by atoms with Crippen molar-refractivity contribution in [3.8, 4) is 0 Å². The monoisotopic (exact) mass is 341 g/mol. The largest absolute Gasteiger partial charge is 0.352 e. The number of amides is 1. The number of nitrogens with one attached hydrogen (secondary N) is 1. The standard InChI is InChI=1S/C16H14Cl3NO/c17-9-11-1-3-12(4-2-11)10-20-16(21)8-13-5-6-14(18)15(19)7-13/h1-7H,8-10H2,(H,20,21). The molecule has 0 heterocycles. The van der Waals surface area contributed by atoms with Crippen LogP contribution in [0.5, 0.6) is 0 Å². The van der Waals surface area contributed by atoms with Gasteiger partial charge in [0.15, 0.2) is 0 Å². The fraction of sp³-hybridized carbons (Fsp3) is 0.188. The van der Waals surface area contributed by atoms with Crippen LogP contribution in [-0.4, -0.2) is 5.91 Å². The highest BCUT2D eigenvalue weighted by Gasteiger charge is 2.05. The molecule has 0 atom stereocenters. The number of carbonyl (C=O) groups is 1. The summed E-state index contributed by atoms with van der Waals surface area (Å²) in [5, 5.41) is 3.81. The lowest BCUT2D eigenvalue weighted by atomic mass is 10.1. The van der Waals surface area contributed by atoms with Crippen LogP contribution in [0.2, 0.25) is 10.0 Å². The molecule has 21 heavy (non-hydrogen) atoms. The van der Waals surface area contributed by atoms with Gasteiger partial charge in [0.2, 0.25) is 5.91 Å². The summed E-state index contributed by atoms with van der Waals surface area (Å²) in [4.78, 5) is 11.9. The summed E-state index contributed by atoms with van der Waals surface area (Å²) in [6.07, 6.45) is 0.274. The first-order valence-electron chi connectivity index (χ1n) is 6.43. The molecule has 1 N–H and O–H groups in total. The van der Waals surface area contributed by atoms with Crippen molar-refractivity contribution in [1.29, 1.82) is 0 Å². The highest BCUT2D eigenvalue weighted by atomic mass is 35.5. The zero-order chi connectivity index (χ0) is 15.2. The van der Waals surface area contributed by atoms with E-state index in [1.54, 1.807) is 18.2 Å². The molecular weight excluding hydrogens is 329 g/mol. The van der Waals surface area contributed by atoms with Crippen molar-refractivity contribution in [2.45, 2.75) is 18.8 Å². The van der Waals surface area contributed by atoms with Gasteiger partial charge >= 0.3 is 0 Å². The average Bonchev–Trinajstić information content (AvgIpc) is 2.49. The minimum Gasteiger partial charge on any atom is -0.352 e. The highest BCUT2D eigenvalue weighted by Crippen LogP contribution is 2.22. The zero-order valence-electron chi connectivity index (χ0n) is 11.2. The van der Waals surface area contributed by atoms with Crippen LogP contribution < -0.4 is 5.32 Å². The molecule has 0 saturated carbocycles. The van der Waals surface area contributed by atoms with Crippen molar-refractivity contribution < 1.29 is 4.79 Å². The van der Waals surface area contributed by atoms with Crippen LogP contribution in [0.3, 0.4) is 0 Å². The summed E-state index contributed by atoms with van der Waals surface area (Å²) in [5.41, 5.74) is 2.92. The van der Waals surface area contributed by atoms with E-state index in [-0.39, 0.29) is 12.3 Å². The zero-order valence-corrected chi connectivity index (χ0v) is 13.5. The first-order chi connectivity index (χ1) is 10.1. The van der Waals surface area contributed by atoms with Gasteiger partial charge in [0.05, 0.1) is 16.5 Å². The topological polar surface area (TPSA) is 29.1 Å². The fourth-order valence-corrected chi connectivity index (χ4v) is 2.34. The number of hydrogen-bond acceptors (Lipinski definition) is 1. The smallest absolute Gasteiger partial charge is 0.224 e. The molecule has 2 rings (SSSR count). The summed E-state index contributed by atoms with van der Waals surface area (Å²) < 4.78 is 0. The molecule has 0 aliphatic carbocycles. The molecule has 2 aromatic carbocycles. The van der Waals surface area contributed by atoms with Crippen LogP contribution in [0.4, 0.5) is 0 Å². The van der Waals surface area contributed by atoms with Gasteiger partial charge in [-0.15, -0.1) is 11.6 Å². The molecule has 110 valence electrons. The molecule has 0 aromatic heterocycles. The Bertz CT molecular complexity index is 626. The van der Waals surface area contributed by atoms with Gasteiger partial charge in [-0.1, -0.05) is 53.5 Å². The number of rotatable bonds is 5. The minimum atomic E-state index is -0.0604. The van der Waals surface area contributed by atoms with Crippen molar-refractivity contribution in [1.82, 2.24) is 5.32 Å². The van der Waals surface area contributed by atoms with Gasteiger partial charge in [0.25, 0.3) is 0 Å². The van der Waals surface area contributed by atoms with E-state index in [0.717, 1.165) is 16.7 Å². The molecule has 0 aliphatic rings. The Hall–Kier alpha value is -1.22. The molecule has 5 heteroatoms. The maximum atomic E-state index is 11.9. The van der Waals surface area contributed by atoms with Crippen molar-refractivity contribution in [2.75, 3.05) is 0 Å². The van der Waals surface area contributed by atoms with Crippen molar-refractivity contribution in [3.05, 3.63) is 69.2 Å². The average molecular weight is 343 g/mol. The third kappa shape index (κ3) is 4.92. The molecule has 0 bridgehead atoms. The molecule has 0 spiro atoms. The van der Waals surface area contributed by atoms with Gasteiger partial charge in [0, 0.05) is 12.4 Å². The highest BCUT2D eigenvalue weighted by molar-refractivity contribution is 6.42. The first-order valence-corrected chi connectivity index (χ1v) is 7.72. The summed E-state index contributed by atoms with van der Waals surface area (Å²) in [7, 11) is 0. The van der Waals surface area contributed by atoms with Crippen molar-refractivity contribution >= 4 is 40.7 Å². The Morgan fingerprint density at radius 2 is 1.52 bits per heavy atom. The Morgan fingerprint density at radius 1 is 0.905 bits per heavy atom. The Kier molecular flexibility index (Phi) is 5.92. The normalized spacial score (nSPS) is 10.4. The molecule has 0 fully saturated rings. The summed E-state index contributed by atoms with van der Waals surface area (Å²) >= 11 is 17.5. The van der Waals surface area contributed by atoms with E-state index >= 15 is 0 Å². The molecule has 0 radical (unpaired) electrons. The van der Waals surface area contributed by atoms with Crippen LogP contribution in [-0.2, 0) is 23.6 Å². The second-order valence-electron chi connectivity index (χ2n) is 4.65. The predicted molar refractivity (Wildman–Crippen MR) is 88.0 cm³/mol. The van der Waals surface area contributed by atoms with Gasteiger partial charge in [-0.25, -0.2) is 0 Å². The number of benzene rings is 2. The van der Waals surface area contributed by atoms with Gasteiger partial charge in [-0.3, -0.25) is 4.79 Å². The van der Waals surface area contributed by atoms with Crippen molar-refractivity contribution in [3.63, 3.8) is 0 Å². The lowest BCUT2D eigenvalue weighted by Gasteiger charge is -2.07. The van der Waals surface area contributed by atoms with Gasteiger partial charge < -0.3 is 5.32 Å². The third-order valence-corrected chi connectivity index (χ3v) is 4.06. The second kappa shape index (κ2) is 7.69. The Morgan fingerprint density at radius 3 is 2.14 bits per heavy atom. The van der Waals surface area contributed by atoms with Gasteiger partial charge in [-0.05, 0) is 28.8 Å². The molecule has 0 aliphatic heterocycles. The number of alkyl halides is 1. The first kappa shape index (κ1) is 16.2. The maximum Gasteiger partial charge on any atom is 0.224 e. The van der Waals surface area contributed by atoms with E-state index in [4.69, 9.17) is 34.8 Å². The van der Waals surface area contributed by atoms with E-state index < -0.39 is 0 Å². The van der Waals surface area contributed by atoms with E-state index in [0.29, 0.717) is 22.5 Å². The van der Waals surface area contributed by atoms with Crippen LogP contribution in [0.25, 0.3) is 0 Å². The third-order valence-electron chi connectivity index (χ3n) is 3.02. The molecular formula is C16H14Cl3NO. The quantitative estimate of drug-likeness (QED) is 0.791. The molecule has 2 nitrogen and oxygen atoms in total. The van der Waals surface area contributed by atoms with E-state index in [1.807, 2.05) is 24.3 Å². The van der Waals surface area contributed by atoms with Crippen molar-refractivity contribution in [2.24, 2.45) is 0 Å². The minimum absolute atomic E-state index is 0.0604. The van der Waals surface area contributed by atoms with E-state index in [9.17, 15) is 4.79 Å². The summed E-state index contributed by atoms with van der Waals surface area (Å²) in [6, 6.07) is 13.0. The second-order valence-corrected chi connectivity index (χ2v) is 5.73. The number of halogens is 3. The maximum absolute atomic E-state index is 11.9. The lowest BCUT2D eigenvalue weighted by molar-refractivity contribution is -0.120. The molecule has 0 saturated heterocycles. The fourth-order valence-electron chi connectivity index (χ4n) is 1.84. The van der Waals surface area contributed by atoms with E-state index in [2.05, 4.69) is 5.32 Å². The molecule has 2 aromatic rings. The number of carbonyl (C=O) groups excluding carboxylic acids is 1. The van der Waals surface area contributed by atoms with Crippen LogP contribution in [0.15, 0.2) is 42.5 Å². The van der Waals surface area contributed by atoms with Gasteiger partial charge in [0.1, 0.15) is 0 Å². The molecule has 1 amide bonds. The number of hydrogen-bond donors (Lipinski definition) is 1. The van der Waals surface area contributed by atoms with Crippen LogP contribution in [0.1, 0.15) is 16.7 Å². The Balaban J connectivity index is 1.87. The van der Waals surface area contributed by atoms with E-state index in [1.165, 1.54) is 0 Å². The SMILES string of the molecule is O=C(Cc1ccc(Cl)c(Cl)c1)NCc1ccc(CCl)cc1. The summed E-state index contributed by atoms with van der Waals surface area (Å²) in [5.74, 6) is 0.430. The summed E-state index contributed by atoms with van der Waals surface area (Å²) in [6.45, 7) is 0.489. The van der Waals surface area contributed by atoms with Gasteiger partial charge in [-0.2, -0.15) is 0 Å². The Labute approximate surface area is 139 Å². The lowest BCUT2D eigenvalue weighted by Crippen LogP contribution is -2.24.